The first-order chi connectivity index (χ1) is 9.75. The van der Waals surface area contributed by atoms with Gasteiger partial charge in [-0.3, -0.25) is 0 Å². The summed E-state index contributed by atoms with van der Waals surface area (Å²) in [6.45, 7) is 4.13. The molecule has 0 amide bonds. The molecule has 1 aromatic rings. The molecule has 1 saturated heterocycles. The van der Waals surface area contributed by atoms with E-state index in [-0.39, 0.29) is 0 Å². The topological polar surface area (TPSA) is 59.5 Å². The lowest BCUT2D eigenvalue weighted by Crippen LogP contribution is -2.14. The van der Waals surface area contributed by atoms with Crippen molar-refractivity contribution in [2.45, 2.75) is 12.8 Å². The van der Waals surface area contributed by atoms with Gasteiger partial charge in [0.1, 0.15) is 5.82 Å². The van der Waals surface area contributed by atoms with Gasteiger partial charge in [-0.15, -0.1) is 0 Å². The second-order valence-corrected chi connectivity index (χ2v) is 5.22. The maximum absolute atomic E-state index is 5.65. The van der Waals surface area contributed by atoms with E-state index < -0.39 is 0 Å². The van der Waals surface area contributed by atoms with Crippen LogP contribution in [0.3, 0.4) is 0 Å². The van der Waals surface area contributed by atoms with Crippen molar-refractivity contribution >= 4 is 11.8 Å². The van der Waals surface area contributed by atoms with Crippen molar-refractivity contribution in [1.29, 1.82) is 0 Å². The van der Waals surface area contributed by atoms with Crippen molar-refractivity contribution in [3.63, 3.8) is 0 Å². The van der Waals surface area contributed by atoms with Crippen molar-refractivity contribution in [2.75, 3.05) is 57.3 Å². The predicted octanol–water partition coefficient (Wildman–Crippen LogP) is 1.40. The van der Waals surface area contributed by atoms with Gasteiger partial charge in [-0.2, -0.15) is 4.98 Å². The first-order valence-corrected chi connectivity index (χ1v) is 7.15. The summed E-state index contributed by atoms with van der Waals surface area (Å²) in [4.78, 5) is 10.6. The minimum absolute atomic E-state index is 0.586. The molecule has 112 valence electrons. The van der Waals surface area contributed by atoms with Gasteiger partial charge in [0, 0.05) is 46.0 Å². The fourth-order valence-electron chi connectivity index (χ4n) is 2.02. The molecule has 0 aliphatic carbocycles. The number of rotatable bonds is 8. The summed E-state index contributed by atoms with van der Waals surface area (Å²) in [7, 11) is 3.93. The number of aromatic nitrogens is 2. The van der Waals surface area contributed by atoms with Gasteiger partial charge in [0.2, 0.25) is 5.95 Å². The number of ether oxygens (including phenoxy) is 2. The van der Waals surface area contributed by atoms with Crippen LogP contribution in [-0.4, -0.2) is 57.0 Å². The molecule has 0 saturated carbocycles. The van der Waals surface area contributed by atoms with Crippen molar-refractivity contribution in [3.05, 3.63) is 12.3 Å². The molecule has 0 aromatic carbocycles. The van der Waals surface area contributed by atoms with Crippen molar-refractivity contribution in [1.82, 2.24) is 9.97 Å². The lowest BCUT2D eigenvalue weighted by Gasteiger charge is -2.12. The van der Waals surface area contributed by atoms with Gasteiger partial charge in [-0.1, -0.05) is 0 Å². The van der Waals surface area contributed by atoms with Crippen LogP contribution in [0.4, 0.5) is 11.8 Å². The fourth-order valence-corrected chi connectivity index (χ4v) is 2.02. The summed E-state index contributed by atoms with van der Waals surface area (Å²) in [5.74, 6) is 2.16. The first kappa shape index (κ1) is 15.0. The zero-order valence-electron chi connectivity index (χ0n) is 12.3. The first-order valence-electron chi connectivity index (χ1n) is 7.15. The van der Waals surface area contributed by atoms with Crippen LogP contribution in [0.2, 0.25) is 0 Å². The lowest BCUT2D eigenvalue weighted by molar-refractivity contribution is 0.0897. The van der Waals surface area contributed by atoms with E-state index in [1.807, 2.05) is 25.1 Å². The third-order valence-electron chi connectivity index (χ3n) is 3.23. The van der Waals surface area contributed by atoms with E-state index in [0.29, 0.717) is 11.9 Å². The van der Waals surface area contributed by atoms with Crippen molar-refractivity contribution < 1.29 is 9.47 Å². The molecule has 1 fully saturated rings. The largest absolute Gasteiger partial charge is 0.381 e. The Morgan fingerprint density at radius 2 is 2.40 bits per heavy atom. The standard InChI is InChI=1S/C14H24N4O2/c1-18(2)13-4-7-16-14(17-13)15-6-3-8-19-10-12-5-9-20-11-12/h4,7,12H,3,5-6,8-11H2,1-2H3,(H,15,16,17). The van der Waals surface area contributed by atoms with Crippen molar-refractivity contribution in [3.8, 4) is 0 Å². The van der Waals surface area contributed by atoms with Gasteiger partial charge in [-0.05, 0) is 18.9 Å². The second kappa shape index (κ2) is 8.01. The van der Waals surface area contributed by atoms with Crippen LogP contribution >= 0.6 is 0 Å². The lowest BCUT2D eigenvalue weighted by atomic mass is 10.1. The van der Waals surface area contributed by atoms with E-state index in [1.165, 1.54) is 0 Å². The molecule has 1 aliphatic heterocycles. The van der Waals surface area contributed by atoms with Crippen LogP contribution in [0.25, 0.3) is 0 Å². The van der Waals surface area contributed by atoms with Crippen LogP contribution in [-0.2, 0) is 9.47 Å². The molecule has 1 N–H and O–H groups in total. The summed E-state index contributed by atoms with van der Waals surface area (Å²) in [5, 5.41) is 3.21. The minimum Gasteiger partial charge on any atom is -0.381 e. The van der Waals surface area contributed by atoms with E-state index in [0.717, 1.165) is 51.6 Å². The van der Waals surface area contributed by atoms with Crippen LogP contribution < -0.4 is 10.2 Å². The van der Waals surface area contributed by atoms with Gasteiger partial charge < -0.3 is 19.7 Å². The average Bonchev–Trinajstić information content (AvgIpc) is 2.96. The molecule has 20 heavy (non-hydrogen) atoms. The summed E-state index contributed by atoms with van der Waals surface area (Å²) >= 11 is 0. The normalized spacial score (nSPS) is 18.2. The number of hydrogen-bond donors (Lipinski definition) is 1. The molecule has 0 bridgehead atoms. The Kier molecular flexibility index (Phi) is 6.01. The van der Waals surface area contributed by atoms with Crippen LogP contribution in [0, 0.1) is 5.92 Å². The maximum atomic E-state index is 5.65. The monoisotopic (exact) mass is 280 g/mol. The Morgan fingerprint density at radius 3 is 3.15 bits per heavy atom. The molecule has 6 heteroatoms. The van der Waals surface area contributed by atoms with E-state index >= 15 is 0 Å². The Balaban J connectivity index is 1.57. The predicted molar refractivity (Wildman–Crippen MR) is 79.2 cm³/mol. The number of hydrogen-bond acceptors (Lipinski definition) is 6. The molecular formula is C14H24N4O2. The van der Waals surface area contributed by atoms with E-state index in [9.17, 15) is 0 Å². The molecule has 1 unspecified atom stereocenters. The molecule has 1 aromatic heterocycles. The quantitative estimate of drug-likeness (QED) is 0.726. The summed E-state index contributed by atoms with van der Waals surface area (Å²) in [6.07, 6.45) is 3.84. The van der Waals surface area contributed by atoms with Gasteiger partial charge in [-0.25, -0.2) is 4.98 Å². The maximum Gasteiger partial charge on any atom is 0.224 e. The molecular weight excluding hydrogens is 256 g/mol. The highest BCUT2D eigenvalue weighted by Gasteiger charge is 2.15. The van der Waals surface area contributed by atoms with E-state index in [2.05, 4.69) is 15.3 Å². The molecule has 0 radical (unpaired) electrons. The highest BCUT2D eigenvalue weighted by atomic mass is 16.5. The third-order valence-corrected chi connectivity index (χ3v) is 3.23. The van der Waals surface area contributed by atoms with Crippen LogP contribution in [0.15, 0.2) is 12.3 Å². The SMILES string of the molecule is CN(C)c1ccnc(NCCCOCC2CCOC2)n1. The summed E-state index contributed by atoms with van der Waals surface area (Å²) < 4.78 is 11.0. The molecule has 0 spiro atoms. The van der Waals surface area contributed by atoms with Gasteiger partial charge >= 0.3 is 0 Å². The molecule has 6 nitrogen and oxygen atoms in total. The van der Waals surface area contributed by atoms with Gasteiger partial charge in [0.15, 0.2) is 0 Å². The van der Waals surface area contributed by atoms with E-state index in [1.54, 1.807) is 6.20 Å². The average molecular weight is 280 g/mol. The van der Waals surface area contributed by atoms with Crippen molar-refractivity contribution in [2.24, 2.45) is 5.92 Å². The Bertz CT molecular complexity index is 395. The van der Waals surface area contributed by atoms with Crippen LogP contribution in [0.5, 0.6) is 0 Å². The molecule has 1 atom stereocenters. The fraction of sp³-hybridized carbons (Fsp3) is 0.714. The Morgan fingerprint density at radius 1 is 1.50 bits per heavy atom. The molecule has 2 heterocycles. The number of anilines is 2. The molecule has 2 rings (SSSR count). The Labute approximate surface area is 120 Å². The number of nitrogens with zero attached hydrogens (tertiary/aromatic N) is 3. The van der Waals surface area contributed by atoms with Gasteiger partial charge in [0.25, 0.3) is 0 Å². The highest BCUT2D eigenvalue weighted by Crippen LogP contribution is 2.12. The molecule has 1 aliphatic rings. The summed E-state index contributed by atoms with van der Waals surface area (Å²) in [5.41, 5.74) is 0. The smallest absolute Gasteiger partial charge is 0.224 e. The third kappa shape index (κ3) is 4.94. The van der Waals surface area contributed by atoms with E-state index in [4.69, 9.17) is 9.47 Å². The second-order valence-electron chi connectivity index (χ2n) is 5.22. The van der Waals surface area contributed by atoms with Crippen LogP contribution in [0.1, 0.15) is 12.8 Å². The zero-order valence-corrected chi connectivity index (χ0v) is 12.3. The van der Waals surface area contributed by atoms with Gasteiger partial charge in [0.05, 0.1) is 13.2 Å². The summed E-state index contributed by atoms with van der Waals surface area (Å²) in [6, 6.07) is 1.89. The highest BCUT2D eigenvalue weighted by molar-refractivity contribution is 5.40. The zero-order chi connectivity index (χ0) is 14.2. The Hall–Kier alpha value is -1.40. The number of nitrogens with one attached hydrogen (secondary N) is 1. The minimum atomic E-state index is 0.586.